The highest BCUT2D eigenvalue weighted by Crippen LogP contribution is 2.29. The molecule has 1 aromatic rings. The number of carbonyl (C=O) groups excluding carboxylic acids is 1. The summed E-state index contributed by atoms with van der Waals surface area (Å²) >= 11 is 0. The smallest absolute Gasteiger partial charge is 0.317 e. The van der Waals surface area contributed by atoms with Crippen molar-refractivity contribution in [3.63, 3.8) is 0 Å². The lowest BCUT2D eigenvalue weighted by atomic mass is 9.90. The minimum atomic E-state index is -0.851. The van der Waals surface area contributed by atoms with E-state index in [4.69, 9.17) is 0 Å². The normalized spacial score (nSPS) is 21.3. The van der Waals surface area contributed by atoms with Crippen molar-refractivity contribution in [3.05, 3.63) is 29.6 Å². The Balaban J connectivity index is 1.93. The third kappa shape index (κ3) is 3.32. The molecule has 2 heterocycles. The summed E-state index contributed by atoms with van der Waals surface area (Å²) in [4.78, 5) is 29.1. The first-order valence-corrected chi connectivity index (χ1v) is 7.15. The largest absolute Gasteiger partial charge is 0.481 e. The lowest BCUT2D eigenvalue weighted by molar-refractivity contribution is -0.146. The van der Waals surface area contributed by atoms with Crippen molar-refractivity contribution in [3.8, 4) is 0 Å². The number of amides is 2. The van der Waals surface area contributed by atoms with Crippen molar-refractivity contribution in [1.29, 1.82) is 0 Å². The summed E-state index contributed by atoms with van der Waals surface area (Å²) in [5.41, 5.74) is 1.12. The molecular weight excluding hydrogens is 270 g/mol. The van der Waals surface area contributed by atoms with E-state index in [1.54, 1.807) is 18.0 Å². The van der Waals surface area contributed by atoms with Crippen LogP contribution in [0.25, 0.3) is 0 Å². The summed E-state index contributed by atoms with van der Waals surface area (Å²) in [5.74, 6) is -0.851. The molecule has 0 saturated carbocycles. The fraction of sp³-hybridized carbons (Fsp3) is 0.533. The van der Waals surface area contributed by atoms with Crippen molar-refractivity contribution < 1.29 is 14.7 Å². The van der Waals surface area contributed by atoms with Gasteiger partial charge in [-0.05, 0) is 31.4 Å². The maximum absolute atomic E-state index is 12.1. The van der Waals surface area contributed by atoms with Crippen molar-refractivity contribution >= 4 is 12.0 Å². The lowest BCUT2D eigenvalue weighted by Gasteiger charge is -2.20. The highest BCUT2D eigenvalue weighted by atomic mass is 16.4. The Morgan fingerprint density at radius 1 is 1.52 bits per heavy atom. The first-order valence-electron chi connectivity index (χ1n) is 7.15. The van der Waals surface area contributed by atoms with Gasteiger partial charge in [0.1, 0.15) is 0 Å². The van der Waals surface area contributed by atoms with E-state index in [0.29, 0.717) is 19.5 Å². The number of carboxylic acid groups (broad SMARTS) is 1. The van der Waals surface area contributed by atoms with Gasteiger partial charge in [-0.1, -0.05) is 13.0 Å². The van der Waals surface area contributed by atoms with Gasteiger partial charge < -0.3 is 15.3 Å². The van der Waals surface area contributed by atoms with Gasteiger partial charge in [-0.3, -0.25) is 9.78 Å². The van der Waals surface area contributed by atoms with Gasteiger partial charge in [0, 0.05) is 19.3 Å². The number of likely N-dealkylation sites (tertiary alicyclic amines) is 1. The van der Waals surface area contributed by atoms with Crippen LogP contribution in [0.5, 0.6) is 0 Å². The molecule has 1 aliphatic heterocycles. The van der Waals surface area contributed by atoms with Gasteiger partial charge in [0.2, 0.25) is 0 Å². The van der Waals surface area contributed by atoms with Gasteiger partial charge >= 0.3 is 12.0 Å². The topological polar surface area (TPSA) is 82.5 Å². The minimum Gasteiger partial charge on any atom is -0.481 e. The van der Waals surface area contributed by atoms with Gasteiger partial charge in [-0.25, -0.2) is 4.79 Å². The summed E-state index contributed by atoms with van der Waals surface area (Å²) in [6, 6.07) is 3.64. The van der Waals surface area contributed by atoms with E-state index < -0.39 is 11.4 Å². The summed E-state index contributed by atoms with van der Waals surface area (Å²) in [7, 11) is 0. The van der Waals surface area contributed by atoms with E-state index >= 15 is 0 Å². The number of aliphatic carboxylic acids is 1. The van der Waals surface area contributed by atoms with Crippen molar-refractivity contribution in [2.75, 3.05) is 13.1 Å². The van der Waals surface area contributed by atoms with Crippen LogP contribution in [0.4, 0.5) is 4.79 Å². The molecule has 0 aromatic carbocycles. The molecule has 1 unspecified atom stereocenters. The summed E-state index contributed by atoms with van der Waals surface area (Å²) in [5, 5.41) is 12.0. The molecule has 114 valence electrons. The van der Waals surface area contributed by atoms with E-state index in [9.17, 15) is 14.7 Å². The van der Waals surface area contributed by atoms with Gasteiger partial charge in [0.05, 0.1) is 17.7 Å². The Morgan fingerprint density at radius 2 is 2.29 bits per heavy atom. The molecule has 21 heavy (non-hydrogen) atoms. The Bertz CT molecular complexity index is 547. The molecule has 0 radical (unpaired) electrons. The van der Waals surface area contributed by atoms with Crippen molar-refractivity contribution in [1.82, 2.24) is 15.2 Å². The first kappa shape index (κ1) is 15.3. The van der Waals surface area contributed by atoms with E-state index in [1.807, 2.05) is 19.1 Å². The third-order valence-corrected chi connectivity index (χ3v) is 4.05. The zero-order chi connectivity index (χ0) is 15.5. The summed E-state index contributed by atoms with van der Waals surface area (Å²) < 4.78 is 0. The molecule has 2 rings (SSSR count). The maximum Gasteiger partial charge on any atom is 0.317 e. The SMILES string of the molecule is CCc1cccnc1CNC(=O)N1CCC(C)(C(=O)O)C1. The molecular formula is C15H21N3O3. The lowest BCUT2D eigenvalue weighted by Crippen LogP contribution is -2.40. The van der Waals surface area contributed by atoms with E-state index in [1.165, 1.54) is 0 Å². The molecule has 2 amide bonds. The molecule has 1 saturated heterocycles. The van der Waals surface area contributed by atoms with E-state index in [0.717, 1.165) is 17.7 Å². The second kappa shape index (κ2) is 6.11. The number of rotatable bonds is 4. The molecule has 1 aliphatic rings. The van der Waals surface area contributed by atoms with Crippen LogP contribution >= 0.6 is 0 Å². The standard InChI is InChI=1S/C15H21N3O3/c1-3-11-5-4-7-16-12(11)9-17-14(21)18-8-6-15(2,10-18)13(19)20/h4-5,7H,3,6,8-10H2,1-2H3,(H,17,21)(H,19,20). The molecule has 0 aliphatic carbocycles. The first-order chi connectivity index (χ1) is 9.96. The predicted octanol–water partition coefficient (Wildman–Crippen LogP) is 1.65. The predicted molar refractivity (Wildman–Crippen MR) is 77.8 cm³/mol. The molecule has 1 fully saturated rings. The number of carbonyl (C=O) groups is 2. The maximum atomic E-state index is 12.1. The van der Waals surface area contributed by atoms with Gasteiger partial charge in [-0.2, -0.15) is 0 Å². The number of urea groups is 1. The zero-order valence-electron chi connectivity index (χ0n) is 12.4. The molecule has 6 heteroatoms. The minimum absolute atomic E-state index is 0.229. The highest BCUT2D eigenvalue weighted by molar-refractivity contribution is 5.79. The number of hydrogen-bond donors (Lipinski definition) is 2. The number of aromatic nitrogens is 1. The van der Waals surface area contributed by atoms with Crippen LogP contribution in [-0.2, 0) is 17.8 Å². The second-order valence-corrected chi connectivity index (χ2v) is 5.66. The summed E-state index contributed by atoms with van der Waals surface area (Å²) in [6.07, 6.45) is 3.05. The van der Waals surface area contributed by atoms with Crippen LogP contribution in [0.2, 0.25) is 0 Å². The van der Waals surface area contributed by atoms with Crippen LogP contribution in [0.1, 0.15) is 31.5 Å². The van der Waals surface area contributed by atoms with Crippen LogP contribution in [-0.4, -0.2) is 40.1 Å². The molecule has 0 spiro atoms. The Morgan fingerprint density at radius 3 is 2.90 bits per heavy atom. The Labute approximate surface area is 124 Å². The van der Waals surface area contributed by atoms with Crippen LogP contribution in [0.3, 0.4) is 0 Å². The van der Waals surface area contributed by atoms with Gasteiger partial charge in [0.15, 0.2) is 0 Å². The summed E-state index contributed by atoms with van der Waals surface area (Å²) in [6.45, 7) is 4.80. The number of aryl methyl sites for hydroxylation is 1. The fourth-order valence-electron chi connectivity index (χ4n) is 2.53. The number of pyridine rings is 1. The fourth-order valence-corrected chi connectivity index (χ4v) is 2.53. The number of nitrogens with one attached hydrogen (secondary N) is 1. The Kier molecular flexibility index (Phi) is 4.45. The van der Waals surface area contributed by atoms with Gasteiger partial charge in [0.25, 0.3) is 0 Å². The van der Waals surface area contributed by atoms with Crippen LogP contribution in [0, 0.1) is 5.41 Å². The molecule has 0 bridgehead atoms. The monoisotopic (exact) mass is 291 g/mol. The molecule has 2 N–H and O–H groups in total. The average Bonchev–Trinajstić information content (AvgIpc) is 2.89. The van der Waals surface area contributed by atoms with Crippen LogP contribution in [0.15, 0.2) is 18.3 Å². The second-order valence-electron chi connectivity index (χ2n) is 5.66. The zero-order valence-corrected chi connectivity index (χ0v) is 12.4. The van der Waals surface area contributed by atoms with Crippen LogP contribution < -0.4 is 5.32 Å². The average molecular weight is 291 g/mol. The number of nitrogens with zero attached hydrogens (tertiary/aromatic N) is 2. The number of carboxylic acids is 1. The highest BCUT2D eigenvalue weighted by Gasteiger charge is 2.42. The van der Waals surface area contributed by atoms with Gasteiger partial charge in [-0.15, -0.1) is 0 Å². The third-order valence-electron chi connectivity index (χ3n) is 4.05. The molecule has 6 nitrogen and oxygen atoms in total. The van der Waals surface area contributed by atoms with Crippen molar-refractivity contribution in [2.45, 2.75) is 33.2 Å². The number of hydrogen-bond acceptors (Lipinski definition) is 3. The molecule has 1 aromatic heterocycles. The Hall–Kier alpha value is -2.11. The quantitative estimate of drug-likeness (QED) is 0.883. The van der Waals surface area contributed by atoms with Crippen molar-refractivity contribution in [2.24, 2.45) is 5.41 Å². The van der Waals surface area contributed by atoms with E-state index in [2.05, 4.69) is 10.3 Å². The van der Waals surface area contributed by atoms with E-state index in [-0.39, 0.29) is 12.6 Å². The molecule has 1 atom stereocenters.